The highest BCUT2D eigenvalue weighted by atomic mass is 32.2. The summed E-state index contributed by atoms with van der Waals surface area (Å²) in [7, 11) is -3.69. The molecule has 1 amide bonds. The van der Waals surface area contributed by atoms with E-state index in [1.807, 2.05) is 6.92 Å². The summed E-state index contributed by atoms with van der Waals surface area (Å²) in [5.74, 6) is -0.297. The van der Waals surface area contributed by atoms with Crippen molar-refractivity contribution in [3.63, 3.8) is 0 Å². The van der Waals surface area contributed by atoms with Crippen molar-refractivity contribution in [2.75, 3.05) is 50.1 Å². The Balaban J connectivity index is 1.55. The standard InChI is InChI=1S/C21H29N5O5S/c1-16-12-23-25(14-16)15-21(27)24-20-11-18(32(28,29)26-6-9-30-10-7-26)4-5-19(20)22-13-17-3-2-8-31-17/h4-5,11-12,14,17,22H,2-3,6-10,13,15H2,1H3,(H,24,27). The zero-order valence-electron chi connectivity index (χ0n) is 18.1. The number of aryl methyl sites for hydroxylation is 1. The Bertz CT molecular complexity index is 1040. The van der Waals surface area contributed by atoms with Gasteiger partial charge in [0.05, 0.1) is 41.8 Å². The van der Waals surface area contributed by atoms with Gasteiger partial charge in [0.1, 0.15) is 6.54 Å². The number of hydrogen-bond acceptors (Lipinski definition) is 7. The predicted molar refractivity (Wildman–Crippen MR) is 119 cm³/mol. The van der Waals surface area contributed by atoms with E-state index >= 15 is 0 Å². The lowest BCUT2D eigenvalue weighted by Gasteiger charge is -2.26. The Morgan fingerprint density at radius 3 is 2.72 bits per heavy atom. The van der Waals surface area contributed by atoms with E-state index in [0.29, 0.717) is 44.2 Å². The van der Waals surface area contributed by atoms with Gasteiger partial charge >= 0.3 is 0 Å². The molecule has 0 saturated carbocycles. The van der Waals surface area contributed by atoms with Crippen LogP contribution in [-0.2, 0) is 30.8 Å². The molecule has 32 heavy (non-hydrogen) atoms. The second kappa shape index (κ2) is 9.99. The minimum Gasteiger partial charge on any atom is -0.381 e. The number of nitrogens with one attached hydrogen (secondary N) is 2. The third kappa shape index (κ3) is 5.47. The molecule has 0 aliphatic carbocycles. The molecule has 2 saturated heterocycles. The molecule has 1 unspecified atom stereocenters. The number of aromatic nitrogens is 2. The van der Waals surface area contributed by atoms with Gasteiger partial charge in [-0.2, -0.15) is 9.40 Å². The highest BCUT2D eigenvalue weighted by Crippen LogP contribution is 2.28. The fourth-order valence-electron chi connectivity index (χ4n) is 3.80. The number of nitrogens with zero attached hydrogens (tertiary/aromatic N) is 3. The quantitative estimate of drug-likeness (QED) is 0.609. The lowest BCUT2D eigenvalue weighted by molar-refractivity contribution is -0.116. The van der Waals surface area contributed by atoms with E-state index in [9.17, 15) is 13.2 Å². The lowest BCUT2D eigenvalue weighted by atomic mass is 10.2. The molecule has 2 fully saturated rings. The summed E-state index contributed by atoms with van der Waals surface area (Å²) in [5.41, 5.74) is 2.01. The van der Waals surface area contributed by atoms with Gasteiger partial charge < -0.3 is 20.1 Å². The van der Waals surface area contributed by atoms with Crippen LogP contribution >= 0.6 is 0 Å². The van der Waals surface area contributed by atoms with Crippen LogP contribution in [-0.4, -0.2) is 74.0 Å². The number of ether oxygens (including phenoxy) is 2. The third-order valence-electron chi connectivity index (χ3n) is 5.49. The van der Waals surface area contributed by atoms with Crippen molar-refractivity contribution in [3.8, 4) is 0 Å². The number of hydrogen-bond donors (Lipinski definition) is 2. The molecular weight excluding hydrogens is 434 g/mol. The summed E-state index contributed by atoms with van der Waals surface area (Å²) in [5, 5.41) is 10.3. The summed E-state index contributed by atoms with van der Waals surface area (Å²) in [6, 6.07) is 4.76. The fourth-order valence-corrected chi connectivity index (χ4v) is 5.23. The van der Waals surface area contributed by atoms with E-state index in [0.717, 1.165) is 25.0 Å². The highest BCUT2D eigenvalue weighted by molar-refractivity contribution is 7.89. The largest absolute Gasteiger partial charge is 0.381 e. The summed E-state index contributed by atoms with van der Waals surface area (Å²) in [6.45, 7) is 4.60. The van der Waals surface area contributed by atoms with Gasteiger partial charge in [-0.15, -0.1) is 0 Å². The van der Waals surface area contributed by atoms with E-state index in [-0.39, 0.29) is 23.5 Å². The second-order valence-corrected chi connectivity index (χ2v) is 9.94. The van der Waals surface area contributed by atoms with Gasteiger partial charge in [0.15, 0.2) is 0 Å². The van der Waals surface area contributed by atoms with E-state index in [2.05, 4.69) is 15.7 Å². The van der Waals surface area contributed by atoms with Crippen LogP contribution in [0.2, 0.25) is 0 Å². The van der Waals surface area contributed by atoms with Gasteiger partial charge in [-0.3, -0.25) is 9.48 Å². The van der Waals surface area contributed by atoms with Crippen molar-refractivity contribution in [2.24, 2.45) is 0 Å². The molecule has 0 bridgehead atoms. The maximum atomic E-state index is 13.1. The second-order valence-electron chi connectivity index (χ2n) is 8.00. The Hall–Kier alpha value is -2.47. The number of carbonyl (C=O) groups is 1. The first-order valence-corrected chi connectivity index (χ1v) is 12.2. The van der Waals surface area contributed by atoms with Crippen molar-refractivity contribution >= 4 is 27.3 Å². The Labute approximate surface area is 187 Å². The average molecular weight is 464 g/mol. The SMILES string of the molecule is Cc1cnn(CC(=O)Nc2cc(S(=O)(=O)N3CCOCC3)ccc2NCC2CCCO2)c1. The lowest BCUT2D eigenvalue weighted by Crippen LogP contribution is -2.40. The molecule has 0 spiro atoms. The van der Waals surface area contributed by atoms with Crippen LogP contribution < -0.4 is 10.6 Å². The van der Waals surface area contributed by atoms with Gasteiger partial charge in [0.25, 0.3) is 0 Å². The average Bonchev–Trinajstić information content (AvgIpc) is 3.45. The van der Waals surface area contributed by atoms with Crippen LogP contribution in [0.15, 0.2) is 35.5 Å². The number of carbonyl (C=O) groups excluding carboxylic acids is 1. The van der Waals surface area contributed by atoms with Gasteiger partial charge in [0.2, 0.25) is 15.9 Å². The molecule has 2 N–H and O–H groups in total. The monoisotopic (exact) mass is 463 g/mol. The molecular formula is C21H29N5O5S. The Morgan fingerprint density at radius 2 is 2.03 bits per heavy atom. The van der Waals surface area contributed by atoms with Crippen molar-refractivity contribution in [2.45, 2.75) is 37.3 Å². The first kappa shape index (κ1) is 22.7. The van der Waals surface area contributed by atoms with Crippen molar-refractivity contribution < 1.29 is 22.7 Å². The number of benzene rings is 1. The van der Waals surface area contributed by atoms with Crippen molar-refractivity contribution in [1.82, 2.24) is 14.1 Å². The zero-order valence-corrected chi connectivity index (χ0v) is 18.9. The maximum Gasteiger partial charge on any atom is 0.246 e. The molecule has 10 nitrogen and oxygen atoms in total. The van der Waals surface area contributed by atoms with Gasteiger partial charge in [-0.25, -0.2) is 8.42 Å². The molecule has 11 heteroatoms. The normalized spacial score (nSPS) is 19.7. The van der Waals surface area contributed by atoms with Crippen LogP contribution in [0, 0.1) is 6.92 Å². The Morgan fingerprint density at radius 1 is 1.22 bits per heavy atom. The Kier molecular flexibility index (Phi) is 7.09. The molecule has 0 radical (unpaired) electrons. The summed E-state index contributed by atoms with van der Waals surface area (Å²) in [6.07, 6.45) is 5.54. The minimum atomic E-state index is -3.69. The van der Waals surface area contributed by atoms with Crippen LogP contribution in [0.25, 0.3) is 0 Å². The molecule has 3 heterocycles. The van der Waals surface area contributed by atoms with E-state index in [1.165, 1.54) is 10.4 Å². The topological polar surface area (TPSA) is 115 Å². The van der Waals surface area contributed by atoms with Crippen LogP contribution in [0.4, 0.5) is 11.4 Å². The summed E-state index contributed by atoms with van der Waals surface area (Å²) in [4.78, 5) is 12.8. The molecule has 1 atom stereocenters. The summed E-state index contributed by atoms with van der Waals surface area (Å²) < 4.78 is 40.1. The number of morpholine rings is 1. The van der Waals surface area contributed by atoms with Gasteiger partial charge in [-0.05, 0) is 43.5 Å². The molecule has 1 aromatic heterocycles. The number of anilines is 2. The molecule has 174 valence electrons. The van der Waals surface area contributed by atoms with Crippen LogP contribution in [0.5, 0.6) is 0 Å². The molecule has 1 aromatic carbocycles. The van der Waals surface area contributed by atoms with E-state index < -0.39 is 10.0 Å². The predicted octanol–water partition coefficient (Wildman–Crippen LogP) is 1.44. The molecule has 2 aliphatic rings. The number of sulfonamides is 1. The molecule has 2 aromatic rings. The summed E-state index contributed by atoms with van der Waals surface area (Å²) >= 11 is 0. The molecule has 2 aliphatic heterocycles. The smallest absolute Gasteiger partial charge is 0.246 e. The van der Waals surface area contributed by atoms with E-state index in [4.69, 9.17) is 9.47 Å². The van der Waals surface area contributed by atoms with Crippen LogP contribution in [0.1, 0.15) is 18.4 Å². The maximum absolute atomic E-state index is 13.1. The minimum absolute atomic E-state index is 0.0272. The number of amides is 1. The first-order valence-electron chi connectivity index (χ1n) is 10.8. The van der Waals surface area contributed by atoms with Gasteiger partial charge in [-0.1, -0.05) is 0 Å². The van der Waals surface area contributed by atoms with E-state index in [1.54, 1.807) is 29.2 Å². The fraction of sp³-hybridized carbons (Fsp3) is 0.524. The highest BCUT2D eigenvalue weighted by Gasteiger charge is 2.27. The number of rotatable bonds is 8. The molecule has 4 rings (SSSR count). The first-order chi connectivity index (χ1) is 15.4. The van der Waals surface area contributed by atoms with Gasteiger partial charge in [0, 0.05) is 32.4 Å². The zero-order chi connectivity index (χ0) is 22.6. The van der Waals surface area contributed by atoms with Crippen LogP contribution in [0.3, 0.4) is 0 Å². The van der Waals surface area contributed by atoms with Crippen molar-refractivity contribution in [1.29, 1.82) is 0 Å². The third-order valence-corrected chi connectivity index (χ3v) is 7.38. The van der Waals surface area contributed by atoms with Crippen molar-refractivity contribution in [3.05, 3.63) is 36.2 Å².